The van der Waals surface area contributed by atoms with Crippen molar-refractivity contribution in [2.75, 3.05) is 5.32 Å². The van der Waals surface area contributed by atoms with Gasteiger partial charge in [0, 0.05) is 27.6 Å². The largest absolute Gasteiger partial charge is 0.436 e. The number of halogens is 2. The van der Waals surface area contributed by atoms with Crippen molar-refractivity contribution in [1.29, 1.82) is 0 Å². The molecule has 30 heavy (non-hydrogen) atoms. The van der Waals surface area contributed by atoms with Gasteiger partial charge in [0.25, 0.3) is 0 Å². The first-order chi connectivity index (χ1) is 14.5. The molecular weight excluding hydrogens is 488 g/mol. The summed E-state index contributed by atoms with van der Waals surface area (Å²) in [6.07, 6.45) is 3.57. The molecule has 1 amide bonds. The van der Waals surface area contributed by atoms with Crippen molar-refractivity contribution in [1.82, 2.24) is 15.3 Å². The highest BCUT2D eigenvalue weighted by molar-refractivity contribution is 9.10. The van der Waals surface area contributed by atoms with Crippen LogP contribution in [0, 0.1) is 0 Å². The van der Waals surface area contributed by atoms with Crippen molar-refractivity contribution < 1.29 is 9.21 Å². The lowest BCUT2D eigenvalue weighted by Crippen LogP contribution is -2.35. The molecule has 0 spiro atoms. The molecule has 2 N–H and O–H groups in total. The number of oxazole rings is 1. The number of carbonyl (C=O) groups is 1. The third kappa shape index (κ3) is 5.02. The van der Waals surface area contributed by atoms with Crippen LogP contribution >= 0.6 is 39.7 Å². The van der Waals surface area contributed by atoms with Gasteiger partial charge in [0.1, 0.15) is 5.52 Å². The van der Waals surface area contributed by atoms with E-state index in [-0.39, 0.29) is 17.4 Å². The number of pyridine rings is 1. The number of nitrogens with zero attached hydrogens (tertiary/aromatic N) is 2. The molecule has 0 saturated carbocycles. The first-order valence-electron chi connectivity index (χ1n) is 8.83. The predicted molar refractivity (Wildman–Crippen MR) is 124 cm³/mol. The number of aromatic nitrogens is 2. The molecule has 2 aromatic carbocycles. The third-order valence-corrected chi connectivity index (χ3v) is 5.02. The van der Waals surface area contributed by atoms with E-state index in [1.165, 1.54) is 0 Å². The molecule has 0 bridgehead atoms. The lowest BCUT2D eigenvalue weighted by molar-refractivity contribution is -0.119. The van der Waals surface area contributed by atoms with Gasteiger partial charge in [-0.1, -0.05) is 23.7 Å². The molecule has 9 heteroatoms. The van der Waals surface area contributed by atoms with Crippen molar-refractivity contribution in [3.8, 4) is 11.5 Å². The van der Waals surface area contributed by atoms with Crippen LogP contribution in [0.1, 0.15) is 5.56 Å². The monoisotopic (exact) mass is 500 g/mol. The number of benzene rings is 2. The van der Waals surface area contributed by atoms with Crippen molar-refractivity contribution in [3.63, 3.8) is 0 Å². The van der Waals surface area contributed by atoms with Crippen LogP contribution in [0.2, 0.25) is 5.02 Å². The van der Waals surface area contributed by atoms with Crippen LogP contribution in [-0.2, 0) is 11.2 Å². The van der Waals surface area contributed by atoms with E-state index in [4.69, 9.17) is 28.2 Å². The smallest absolute Gasteiger partial charge is 0.230 e. The van der Waals surface area contributed by atoms with E-state index in [2.05, 4.69) is 36.5 Å². The van der Waals surface area contributed by atoms with Crippen LogP contribution in [0.5, 0.6) is 0 Å². The number of hydrogen-bond acceptors (Lipinski definition) is 5. The maximum absolute atomic E-state index is 12.2. The zero-order valence-electron chi connectivity index (χ0n) is 15.4. The number of anilines is 1. The molecule has 4 rings (SSSR count). The minimum atomic E-state index is -0.221. The van der Waals surface area contributed by atoms with E-state index in [1.807, 2.05) is 6.07 Å². The van der Waals surface area contributed by atoms with Gasteiger partial charge in [-0.3, -0.25) is 9.78 Å². The fourth-order valence-corrected chi connectivity index (χ4v) is 3.50. The van der Waals surface area contributed by atoms with Crippen molar-refractivity contribution >= 4 is 67.6 Å². The minimum absolute atomic E-state index is 0.200. The van der Waals surface area contributed by atoms with Gasteiger partial charge in [-0.15, -0.1) is 0 Å². The second-order valence-corrected chi connectivity index (χ2v) is 8.16. The summed E-state index contributed by atoms with van der Waals surface area (Å²) in [5.74, 6) is 0.247. The van der Waals surface area contributed by atoms with Crippen LogP contribution in [0.25, 0.3) is 22.6 Å². The minimum Gasteiger partial charge on any atom is -0.436 e. The molecule has 2 aromatic heterocycles. The van der Waals surface area contributed by atoms with Gasteiger partial charge in [-0.05, 0) is 70.1 Å². The highest BCUT2D eigenvalue weighted by Gasteiger charge is 2.11. The Balaban J connectivity index is 1.42. The van der Waals surface area contributed by atoms with E-state index in [0.29, 0.717) is 27.7 Å². The van der Waals surface area contributed by atoms with Crippen LogP contribution in [0.3, 0.4) is 0 Å². The number of rotatable bonds is 4. The predicted octanol–water partition coefficient (Wildman–Crippen LogP) is 5.36. The normalized spacial score (nSPS) is 10.7. The zero-order chi connectivity index (χ0) is 21.1. The van der Waals surface area contributed by atoms with Gasteiger partial charge < -0.3 is 15.1 Å². The average molecular weight is 502 g/mol. The first-order valence-corrected chi connectivity index (χ1v) is 10.4. The van der Waals surface area contributed by atoms with Crippen molar-refractivity contribution in [3.05, 3.63) is 76.0 Å². The molecule has 6 nitrogen and oxygen atoms in total. The Labute approximate surface area is 190 Å². The van der Waals surface area contributed by atoms with Crippen LogP contribution < -0.4 is 10.6 Å². The standard InChI is InChI=1S/C21H14BrClN4O2S/c22-14-8-13(10-24-11-14)20-26-17-9-16(5-6-18(17)29-20)25-21(30)27-19(28)7-12-1-3-15(23)4-2-12/h1-6,8-11H,7H2,(H2,25,27,28,30). The summed E-state index contributed by atoms with van der Waals surface area (Å²) in [4.78, 5) is 20.8. The van der Waals surface area contributed by atoms with E-state index < -0.39 is 0 Å². The zero-order valence-corrected chi connectivity index (χ0v) is 18.5. The summed E-state index contributed by atoms with van der Waals surface area (Å²) in [6.45, 7) is 0. The Morgan fingerprint density at radius 1 is 1.13 bits per heavy atom. The molecule has 0 aliphatic heterocycles. The molecule has 0 unspecified atom stereocenters. The SMILES string of the molecule is O=C(Cc1ccc(Cl)cc1)NC(=S)Nc1ccc2oc(-c3cncc(Br)c3)nc2c1. The van der Waals surface area contributed by atoms with Gasteiger partial charge >= 0.3 is 0 Å². The van der Waals surface area contributed by atoms with E-state index in [9.17, 15) is 4.79 Å². The number of nitrogens with one attached hydrogen (secondary N) is 2. The fraction of sp³-hybridized carbons (Fsp3) is 0.0476. The molecule has 0 fully saturated rings. The maximum atomic E-state index is 12.2. The molecular formula is C21H14BrClN4O2S. The topological polar surface area (TPSA) is 80.0 Å². The Morgan fingerprint density at radius 3 is 2.70 bits per heavy atom. The summed E-state index contributed by atoms with van der Waals surface area (Å²) < 4.78 is 6.63. The summed E-state index contributed by atoms with van der Waals surface area (Å²) in [5.41, 5.74) is 3.59. The lowest BCUT2D eigenvalue weighted by atomic mass is 10.1. The lowest BCUT2D eigenvalue weighted by Gasteiger charge is -2.09. The molecule has 0 aliphatic carbocycles. The highest BCUT2D eigenvalue weighted by atomic mass is 79.9. The van der Waals surface area contributed by atoms with Gasteiger partial charge in [0.15, 0.2) is 10.7 Å². The van der Waals surface area contributed by atoms with E-state index >= 15 is 0 Å². The quantitative estimate of drug-likeness (QED) is 0.366. The van der Waals surface area contributed by atoms with Crippen molar-refractivity contribution in [2.24, 2.45) is 0 Å². The Bertz CT molecular complexity index is 1240. The molecule has 0 aliphatic rings. The number of thiocarbonyl (C=S) groups is 1. The Hall–Kier alpha value is -2.81. The number of carbonyl (C=O) groups excluding carboxylic acids is 1. The first kappa shape index (κ1) is 20.5. The molecule has 0 radical (unpaired) electrons. The second-order valence-electron chi connectivity index (χ2n) is 6.40. The van der Waals surface area contributed by atoms with Gasteiger partial charge in [0.2, 0.25) is 11.8 Å². The Morgan fingerprint density at radius 2 is 1.93 bits per heavy atom. The van der Waals surface area contributed by atoms with Gasteiger partial charge in [-0.25, -0.2) is 4.98 Å². The molecule has 150 valence electrons. The number of amides is 1. The summed E-state index contributed by atoms with van der Waals surface area (Å²) in [7, 11) is 0. The maximum Gasteiger partial charge on any atom is 0.230 e. The summed E-state index contributed by atoms with van der Waals surface area (Å²) in [6, 6.07) is 14.3. The molecule has 2 heterocycles. The van der Waals surface area contributed by atoms with Crippen LogP contribution in [-0.4, -0.2) is 21.0 Å². The third-order valence-electron chi connectivity index (χ3n) is 4.13. The van der Waals surface area contributed by atoms with Crippen molar-refractivity contribution in [2.45, 2.75) is 6.42 Å². The second kappa shape index (κ2) is 8.91. The fourth-order valence-electron chi connectivity index (χ4n) is 2.78. The van der Waals surface area contributed by atoms with Gasteiger partial charge in [-0.2, -0.15) is 0 Å². The number of fused-ring (bicyclic) bond motifs is 1. The highest BCUT2D eigenvalue weighted by Crippen LogP contribution is 2.27. The summed E-state index contributed by atoms with van der Waals surface area (Å²) in [5, 5.41) is 6.49. The van der Waals surface area contributed by atoms with Crippen LogP contribution in [0.15, 0.2) is 69.8 Å². The van der Waals surface area contributed by atoms with Gasteiger partial charge in [0.05, 0.1) is 12.0 Å². The molecule has 0 atom stereocenters. The average Bonchev–Trinajstić information content (AvgIpc) is 3.13. The molecule has 0 saturated heterocycles. The van der Waals surface area contributed by atoms with Crippen LogP contribution in [0.4, 0.5) is 5.69 Å². The summed E-state index contributed by atoms with van der Waals surface area (Å²) >= 11 is 14.5. The van der Waals surface area contributed by atoms with E-state index in [1.54, 1.807) is 54.9 Å². The molecule has 4 aromatic rings. The Kier molecular flexibility index (Phi) is 6.08. The van der Waals surface area contributed by atoms with E-state index in [0.717, 1.165) is 15.6 Å². The number of hydrogen-bond donors (Lipinski definition) is 2.